The number of aryl methyl sites for hydroxylation is 1. The first kappa shape index (κ1) is 13.1. The molecule has 92 valence electrons. The van der Waals surface area contributed by atoms with E-state index in [1.165, 1.54) is 16.7 Å². The number of carboxylic acid groups (broad SMARTS) is 1. The molecule has 4 N–H and O–H groups in total. The van der Waals surface area contributed by atoms with Gasteiger partial charge in [0.15, 0.2) is 0 Å². The number of amides is 2. The maximum atomic E-state index is 11.6. The zero-order valence-electron chi connectivity index (χ0n) is 8.97. The lowest BCUT2D eigenvalue weighted by Gasteiger charge is -2.11. The number of aliphatic carboxylic acids is 1. The number of nitrogens with one attached hydrogen (secondary N) is 1. The molecular weight excluding hydrogens is 246 g/mol. The summed E-state index contributed by atoms with van der Waals surface area (Å²) in [6.07, 6.45) is -0.454. The predicted molar refractivity (Wildman–Crippen MR) is 59.6 cm³/mol. The first-order valence-electron chi connectivity index (χ1n) is 4.64. The maximum absolute atomic E-state index is 11.6. The second-order valence-electron chi connectivity index (χ2n) is 3.29. The lowest BCUT2D eigenvalue weighted by atomic mass is 10.2. The quantitative estimate of drug-likeness (QED) is 0.657. The van der Waals surface area contributed by atoms with E-state index in [2.05, 4.69) is 10.3 Å². The molecule has 2 amide bonds. The summed E-state index contributed by atoms with van der Waals surface area (Å²) in [5.41, 5.74) is 5.01. The molecule has 0 aromatic carbocycles. The molecule has 0 aliphatic rings. The van der Waals surface area contributed by atoms with Gasteiger partial charge in [0, 0.05) is 5.38 Å². The molecule has 17 heavy (non-hydrogen) atoms. The molecule has 0 spiro atoms. The van der Waals surface area contributed by atoms with Crippen LogP contribution in [-0.2, 0) is 9.59 Å². The van der Waals surface area contributed by atoms with Gasteiger partial charge in [-0.2, -0.15) is 0 Å². The summed E-state index contributed by atoms with van der Waals surface area (Å²) >= 11 is 1.27. The van der Waals surface area contributed by atoms with E-state index < -0.39 is 30.2 Å². The van der Waals surface area contributed by atoms with E-state index in [4.69, 9.17) is 10.8 Å². The molecule has 1 atom stereocenters. The molecule has 1 heterocycles. The molecule has 1 rings (SSSR count). The first-order valence-corrected chi connectivity index (χ1v) is 5.52. The number of primary amides is 1. The van der Waals surface area contributed by atoms with Crippen molar-refractivity contribution in [1.82, 2.24) is 10.3 Å². The zero-order chi connectivity index (χ0) is 13.0. The highest BCUT2D eigenvalue weighted by Crippen LogP contribution is 2.08. The number of carbonyl (C=O) groups is 3. The van der Waals surface area contributed by atoms with Crippen molar-refractivity contribution in [1.29, 1.82) is 0 Å². The predicted octanol–water partition coefficient (Wildman–Crippen LogP) is -0.490. The molecule has 0 saturated heterocycles. The molecule has 0 aliphatic carbocycles. The van der Waals surface area contributed by atoms with Crippen molar-refractivity contribution in [2.24, 2.45) is 5.73 Å². The van der Waals surface area contributed by atoms with Gasteiger partial charge in [0.25, 0.3) is 5.91 Å². The summed E-state index contributed by atoms with van der Waals surface area (Å²) in [5, 5.41) is 13.2. The lowest BCUT2D eigenvalue weighted by Crippen LogP contribution is -2.43. The van der Waals surface area contributed by atoms with Crippen LogP contribution in [0.3, 0.4) is 0 Å². The smallest absolute Gasteiger partial charge is 0.326 e. The minimum atomic E-state index is -1.33. The summed E-state index contributed by atoms with van der Waals surface area (Å²) in [6.45, 7) is 1.72. The monoisotopic (exact) mass is 257 g/mol. The van der Waals surface area contributed by atoms with Gasteiger partial charge in [-0.3, -0.25) is 9.59 Å². The zero-order valence-corrected chi connectivity index (χ0v) is 9.78. The van der Waals surface area contributed by atoms with Crippen LogP contribution in [0.2, 0.25) is 0 Å². The Bertz CT molecular complexity index is 457. The van der Waals surface area contributed by atoms with Crippen LogP contribution in [0.5, 0.6) is 0 Å². The Labute approximate surface area is 101 Å². The maximum Gasteiger partial charge on any atom is 0.326 e. The molecule has 1 aromatic rings. The van der Waals surface area contributed by atoms with Crippen molar-refractivity contribution in [3.05, 3.63) is 16.1 Å². The Morgan fingerprint density at radius 3 is 2.65 bits per heavy atom. The van der Waals surface area contributed by atoms with Crippen LogP contribution < -0.4 is 11.1 Å². The number of nitrogens with two attached hydrogens (primary N) is 1. The highest BCUT2D eigenvalue weighted by molar-refractivity contribution is 7.09. The van der Waals surface area contributed by atoms with Crippen LogP contribution in [0, 0.1) is 6.92 Å². The number of hydrogen-bond donors (Lipinski definition) is 3. The van der Waals surface area contributed by atoms with E-state index in [0.29, 0.717) is 5.01 Å². The number of carbonyl (C=O) groups excluding carboxylic acids is 2. The van der Waals surface area contributed by atoms with Crippen molar-refractivity contribution in [2.75, 3.05) is 0 Å². The van der Waals surface area contributed by atoms with Gasteiger partial charge in [0.05, 0.1) is 11.4 Å². The average molecular weight is 257 g/mol. The largest absolute Gasteiger partial charge is 0.480 e. The molecule has 0 unspecified atom stereocenters. The lowest BCUT2D eigenvalue weighted by molar-refractivity contribution is -0.140. The van der Waals surface area contributed by atoms with Crippen molar-refractivity contribution in [3.63, 3.8) is 0 Å². The van der Waals surface area contributed by atoms with E-state index >= 15 is 0 Å². The number of carboxylic acids is 1. The minimum absolute atomic E-state index is 0.128. The van der Waals surface area contributed by atoms with E-state index in [1.807, 2.05) is 0 Å². The van der Waals surface area contributed by atoms with Crippen molar-refractivity contribution in [3.8, 4) is 0 Å². The molecule has 0 bridgehead atoms. The van der Waals surface area contributed by atoms with E-state index in [9.17, 15) is 14.4 Å². The summed E-state index contributed by atoms with van der Waals surface area (Å²) in [4.78, 5) is 36.9. The Kier molecular flexibility index (Phi) is 4.16. The normalized spacial score (nSPS) is 11.8. The standard InChI is InChI=1S/C9H11N3O4S/c1-4-11-6(3-17-4)8(14)12-5(9(15)16)2-7(10)13/h3,5H,2H2,1H3,(H2,10,13)(H,12,14)(H,15,16)/t5-/m1/s1. The first-order chi connectivity index (χ1) is 7.90. The van der Waals surface area contributed by atoms with Gasteiger partial charge in [0.2, 0.25) is 5.91 Å². The minimum Gasteiger partial charge on any atom is -0.480 e. The highest BCUT2D eigenvalue weighted by atomic mass is 32.1. The van der Waals surface area contributed by atoms with Gasteiger partial charge in [-0.1, -0.05) is 0 Å². The summed E-state index contributed by atoms with van der Waals surface area (Å²) in [6, 6.07) is -1.33. The molecule has 0 aliphatic heterocycles. The third-order valence-electron chi connectivity index (χ3n) is 1.86. The Hall–Kier alpha value is -1.96. The van der Waals surface area contributed by atoms with Gasteiger partial charge in [-0.15, -0.1) is 11.3 Å². The molecule has 7 nitrogen and oxygen atoms in total. The van der Waals surface area contributed by atoms with Crippen LogP contribution in [0.4, 0.5) is 0 Å². The van der Waals surface area contributed by atoms with Crippen LogP contribution in [0.1, 0.15) is 21.9 Å². The van der Waals surface area contributed by atoms with Gasteiger partial charge in [0.1, 0.15) is 11.7 Å². The Balaban J connectivity index is 2.70. The number of hydrogen-bond acceptors (Lipinski definition) is 5. The summed E-state index contributed by atoms with van der Waals surface area (Å²) in [5.74, 6) is -2.75. The molecule has 1 aromatic heterocycles. The van der Waals surface area contributed by atoms with E-state index in [0.717, 1.165) is 0 Å². The van der Waals surface area contributed by atoms with Gasteiger partial charge in [-0.05, 0) is 6.92 Å². The molecule has 8 heteroatoms. The van der Waals surface area contributed by atoms with Crippen LogP contribution in [-0.4, -0.2) is 33.9 Å². The molecule has 0 fully saturated rings. The van der Waals surface area contributed by atoms with Crippen LogP contribution in [0.25, 0.3) is 0 Å². The van der Waals surface area contributed by atoms with Crippen molar-refractivity contribution < 1.29 is 19.5 Å². The highest BCUT2D eigenvalue weighted by Gasteiger charge is 2.23. The van der Waals surface area contributed by atoms with Crippen molar-refractivity contribution in [2.45, 2.75) is 19.4 Å². The Morgan fingerprint density at radius 2 is 2.24 bits per heavy atom. The van der Waals surface area contributed by atoms with Crippen LogP contribution in [0.15, 0.2) is 5.38 Å². The SMILES string of the molecule is Cc1nc(C(=O)N[C@H](CC(N)=O)C(=O)O)cs1. The fourth-order valence-electron chi connectivity index (χ4n) is 1.10. The van der Waals surface area contributed by atoms with Crippen LogP contribution >= 0.6 is 11.3 Å². The van der Waals surface area contributed by atoms with E-state index in [1.54, 1.807) is 6.92 Å². The number of rotatable bonds is 5. The second kappa shape index (κ2) is 5.39. The molecule has 0 saturated carbocycles. The topological polar surface area (TPSA) is 122 Å². The molecule has 0 radical (unpaired) electrons. The third kappa shape index (κ3) is 3.83. The molecular formula is C9H11N3O4S. The fourth-order valence-corrected chi connectivity index (χ4v) is 1.69. The average Bonchev–Trinajstić information content (AvgIpc) is 2.63. The summed E-state index contributed by atoms with van der Waals surface area (Å²) < 4.78 is 0. The van der Waals surface area contributed by atoms with Gasteiger partial charge >= 0.3 is 5.97 Å². The van der Waals surface area contributed by atoms with Crippen molar-refractivity contribution >= 4 is 29.1 Å². The number of thiazole rings is 1. The summed E-state index contributed by atoms with van der Waals surface area (Å²) in [7, 11) is 0. The fraction of sp³-hybridized carbons (Fsp3) is 0.333. The second-order valence-corrected chi connectivity index (χ2v) is 4.35. The van der Waals surface area contributed by atoms with Gasteiger partial charge < -0.3 is 16.2 Å². The van der Waals surface area contributed by atoms with E-state index in [-0.39, 0.29) is 5.69 Å². The number of nitrogens with zero attached hydrogens (tertiary/aromatic N) is 1. The third-order valence-corrected chi connectivity index (χ3v) is 2.63. The van der Waals surface area contributed by atoms with Gasteiger partial charge in [-0.25, -0.2) is 9.78 Å². The Morgan fingerprint density at radius 1 is 1.59 bits per heavy atom. The number of aromatic nitrogens is 1.